The number of carbonyl (C=O) groups excluding carboxylic acids is 1. The molecule has 0 spiro atoms. The van der Waals surface area contributed by atoms with Crippen molar-refractivity contribution in [3.8, 4) is 0 Å². The summed E-state index contributed by atoms with van der Waals surface area (Å²) in [5.74, 6) is 3.84. The SMILES string of the molecule is CCCC1CC(=O)C=C2CC[C@@H]3C(=C21)CC[C@@H]1CCC[C@H]13. The Balaban J connectivity index is 1.74. The largest absolute Gasteiger partial charge is 0.295 e. The average molecular weight is 284 g/mol. The van der Waals surface area contributed by atoms with Gasteiger partial charge in [0.1, 0.15) is 0 Å². The minimum Gasteiger partial charge on any atom is -0.295 e. The van der Waals surface area contributed by atoms with Crippen molar-refractivity contribution in [1.29, 1.82) is 0 Å². The van der Waals surface area contributed by atoms with Crippen LogP contribution in [-0.4, -0.2) is 5.78 Å². The molecule has 0 aromatic heterocycles. The van der Waals surface area contributed by atoms with Crippen LogP contribution >= 0.6 is 0 Å². The van der Waals surface area contributed by atoms with E-state index in [0.29, 0.717) is 11.7 Å². The van der Waals surface area contributed by atoms with Gasteiger partial charge in [-0.2, -0.15) is 0 Å². The van der Waals surface area contributed by atoms with Crippen molar-refractivity contribution < 1.29 is 4.79 Å². The summed E-state index contributed by atoms with van der Waals surface area (Å²) in [6, 6.07) is 0. The Hall–Kier alpha value is -0.850. The lowest BCUT2D eigenvalue weighted by Gasteiger charge is -2.44. The van der Waals surface area contributed by atoms with Gasteiger partial charge < -0.3 is 0 Å². The van der Waals surface area contributed by atoms with Gasteiger partial charge in [-0.05, 0) is 79.4 Å². The van der Waals surface area contributed by atoms with E-state index in [-0.39, 0.29) is 0 Å². The molecular formula is C20H28O. The van der Waals surface area contributed by atoms with Crippen LogP contribution in [0, 0.1) is 23.7 Å². The zero-order chi connectivity index (χ0) is 14.4. The first-order valence-corrected chi connectivity index (χ1v) is 9.24. The van der Waals surface area contributed by atoms with E-state index >= 15 is 0 Å². The summed E-state index contributed by atoms with van der Waals surface area (Å²) in [5.41, 5.74) is 4.92. The van der Waals surface area contributed by atoms with E-state index in [1.54, 1.807) is 5.57 Å². The van der Waals surface area contributed by atoms with Gasteiger partial charge in [0, 0.05) is 6.42 Å². The van der Waals surface area contributed by atoms with Crippen molar-refractivity contribution in [2.45, 2.75) is 71.1 Å². The average Bonchev–Trinajstić information content (AvgIpc) is 2.95. The van der Waals surface area contributed by atoms with E-state index in [4.69, 9.17) is 0 Å². The summed E-state index contributed by atoms with van der Waals surface area (Å²) >= 11 is 0. The van der Waals surface area contributed by atoms with E-state index in [1.165, 1.54) is 63.4 Å². The summed E-state index contributed by atoms with van der Waals surface area (Å²) in [4.78, 5) is 12.0. The number of carbonyl (C=O) groups is 1. The highest BCUT2D eigenvalue weighted by Gasteiger charge is 2.43. The number of rotatable bonds is 2. The van der Waals surface area contributed by atoms with E-state index in [0.717, 1.165) is 24.2 Å². The quantitative estimate of drug-likeness (QED) is 0.679. The number of fused-ring (bicyclic) bond motifs is 4. The highest BCUT2D eigenvalue weighted by Crippen LogP contribution is 2.55. The fourth-order valence-electron chi connectivity index (χ4n) is 5.98. The Labute approximate surface area is 128 Å². The predicted molar refractivity (Wildman–Crippen MR) is 85.9 cm³/mol. The maximum absolute atomic E-state index is 12.0. The molecule has 114 valence electrons. The molecule has 1 unspecified atom stereocenters. The van der Waals surface area contributed by atoms with Gasteiger partial charge in [0.15, 0.2) is 5.78 Å². The van der Waals surface area contributed by atoms with E-state index in [9.17, 15) is 4.79 Å². The molecule has 4 aliphatic rings. The van der Waals surface area contributed by atoms with Crippen LogP contribution in [-0.2, 0) is 4.79 Å². The molecule has 0 saturated heterocycles. The number of allylic oxidation sites excluding steroid dienone is 4. The third-order valence-corrected chi connectivity index (χ3v) is 6.71. The van der Waals surface area contributed by atoms with Gasteiger partial charge in [-0.15, -0.1) is 0 Å². The lowest BCUT2D eigenvalue weighted by atomic mass is 9.61. The van der Waals surface area contributed by atoms with Crippen molar-refractivity contribution in [2.24, 2.45) is 23.7 Å². The molecule has 4 rings (SSSR count). The van der Waals surface area contributed by atoms with E-state index in [2.05, 4.69) is 6.92 Å². The monoisotopic (exact) mass is 284 g/mol. The van der Waals surface area contributed by atoms with Crippen molar-refractivity contribution in [3.05, 3.63) is 22.8 Å². The highest BCUT2D eigenvalue weighted by atomic mass is 16.1. The molecule has 0 radical (unpaired) electrons. The molecule has 4 atom stereocenters. The molecule has 0 heterocycles. The maximum Gasteiger partial charge on any atom is 0.156 e. The summed E-state index contributed by atoms with van der Waals surface area (Å²) in [6.45, 7) is 2.27. The minimum atomic E-state index is 0.390. The summed E-state index contributed by atoms with van der Waals surface area (Å²) in [7, 11) is 0. The van der Waals surface area contributed by atoms with Crippen LogP contribution in [0.15, 0.2) is 22.8 Å². The molecule has 0 bridgehead atoms. The van der Waals surface area contributed by atoms with Gasteiger partial charge in [-0.1, -0.05) is 31.8 Å². The molecule has 1 nitrogen and oxygen atoms in total. The molecule has 0 amide bonds. The molecule has 0 aliphatic heterocycles. The van der Waals surface area contributed by atoms with Gasteiger partial charge in [-0.25, -0.2) is 0 Å². The van der Waals surface area contributed by atoms with Crippen LogP contribution in [0.5, 0.6) is 0 Å². The Morgan fingerprint density at radius 2 is 2.05 bits per heavy atom. The smallest absolute Gasteiger partial charge is 0.156 e. The second-order valence-electron chi connectivity index (χ2n) is 7.80. The molecule has 2 fully saturated rings. The topological polar surface area (TPSA) is 17.1 Å². The lowest BCUT2D eigenvalue weighted by Crippen LogP contribution is -2.33. The zero-order valence-electron chi connectivity index (χ0n) is 13.4. The van der Waals surface area contributed by atoms with Crippen LogP contribution in [0.25, 0.3) is 0 Å². The Morgan fingerprint density at radius 3 is 2.90 bits per heavy atom. The first-order valence-electron chi connectivity index (χ1n) is 9.24. The number of hydrogen-bond acceptors (Lipinski definition) is 1. The fraction of sp³-hybridized carbons (Fsp3) is 0.750. The fourth-order valence-corrected chi connectivity index (χ4v) is 5.98. The number of ketones is 1. The third kappa shape index (κ3) is 2.24. The van der Waals surface area contributed by atoms with Gasteiger partial charge in [0.25, 0.3) is 0 Å². The van der Waals surface area contributed by atoms with Gasteiger partial charge in [-0.3, -0.25) is 4.79 Å². The van der Waals surface area contributed by atoms with Crippen LogP contribution in [0.1, 0.15) is 71.1 Å². The van der Waals surface area contributed by atoms with Crippen LogP contribution in [0.2, 0.25) is 0 Å². The molecule has 0 aromatic carbocycles. The van der Waals surface area contributed by atoms with E-state index in [1.807, 2.05) is 11.6 Å². The summed E-state index contributed by atoms with van der Waals surface area (Å²) in [5, 5.41) is 0. The van der Waals surface area contributed by atoms with E-state index < -0.39 is 0 Å². The Bertz CT molecular complexity index is 510. The second-order valence-corrected chi connectivity index (χ2v) is 7.80. The van der Waals surface area contributed by atoms with Gasteiger partial charge >= 0.3 is 0 Å². The normalized spacial score (nSPS) is 38.7. The Kier molecular flexibility index (Phi) is 3.55. The molecule has 1 heteroatoms. The first-order chi connectivity index (χ1) is 10.3. The van der Waals surface area contributed by atoms with Crippen LogP contribution < -0.4 is 0 Å². The Morgan fingerprint density at radius 1 is 1.14 bits per heavy atom. The predicted octanol–water partition coefficient (Wildman–Crippen LogP) is 5.22. The van der Waals surface area contributed by atoms with Crippen molar-refractivity contribution in [2.75, 3.05) is 0 Å². The third-order valence-electron chi connectivity index (χ3n) is 6.71. The molecule has 2 saturated carbocycles. The summed E-state index contributed by atoms with van der Waals surface area (Å²) < 4.78 is 0. The second kappa shape index (κ2) is 5.41. The van der Waals surface area contributed by atoms with Crippen molar-refractivity contribution in [1.82, 2.24) is 0 Å². The van der Waals surface area contributed by atoms with Crippen molar-refractivity contribution >= 4 is 5.78 Å². The zero-order valence-corrected chi connectivity index (χ0v) is 13.4. The highest BCUT2D eigenvalue weighted by molar-refractivity contribution is 5.93. The van der Waals surface area contributed by atoms with Crippen LogP contribution in [0.3, 0.4) is 0 Å². The molecule has 0 aromatic rings. The number of hydrogen-bond donors (Lipinski definition) is 0. The molecule has 0 N–H and O–H groups in total. The molecule has 21 heavy (non-hydrogen) atoms. The summed E-state index contributed by atoms with van der Waals surface area (Å²) in [6.07, 6.45) is 14.9. The van der Waals surface area contributed by atoms with Gasteiger partial charge in [0.2, 0.25) is 0 Å². The molecule has 4 aliphatic carbocycles. The maximum atomic E-state index is 12.0. The standard InChI is InChI=1S/C20H28O/c1-2-4-14-11-16(21)12-15-8-9-18-17-6-3-5-13(17)7-10-19(18)20(14)15/h12-14,17-18H,2-11H2,1H3/t13-,14?,17+,18-/m0/s1. The van der Waals surface area contributed by atoms with Crippen LogP contribution in [0.4, 0.5) is 0 Å². The minimum absolute atomic E-state index is 0.390. The molecular weight excluding hydrogens is 256 g/mol. The lowest BCUT2D eigenvalue weighted by molar-refractivity contribution is -0.115. The van der Waals surface area contributed by atoms with Crippen molar-refractivity contribution in [3.63, 3.8) is 0 Å². The first kappa shape index (κ1) is 13.8. The van der Waals surface area contributed by atoms with Gasteiger partial charge in [0.05, 0.1) is 0 Å².